The van der Waals surface area contributed by atoms with Gasteiger partial charge in [-0.05, 0) is 38.6 Å². The number of carbonyl (C=O) groups is 1. The third kappa shape index (κ3) is 5.11. The average Bonchev–Trinajstić information content (AvgIpc) is 2.45. The van der Waals surface area contributed by atoms with Gasteiger partial charge in [-0.3, -0.25) is 4.79 Å². The first-order chi connectivity index (χ1) is 9.24. The predicted molar refractivity (Wildman–Crippen MR) is 77.9 cm³/mol. The van der Waals surface area contributed by atoms with Crippen LogP contribution < -0.4 is 5.73 Å². The monoisotopic (exact) mass is 270 g/mol. The van der Waals surface area contributed by atoms with Crippen LogP contribution in [0.4, 0.5) is 0 Å². The first kappa shape index (κ1) is 16.4. The fourth-order valence-electron chi connectivity index (χ4n) is 3.02. The molecule has 0 bridgehead atoms. The van der Waals surface area contributed by atoms with Crippen molar-refractivity contribution < 1.29 is 9.53 Å². The molecule has 0 aliphatic heterocycles. The van der Waals surface area contributed by atoms with Crippen molar-refractivity contribution in [3.63, 3.8) is 0 Å². The van der Waals surface area contributed by atoms with Crippen LogP contribution in [-0.4, -0.2) is 43.2 Å². The van der Waals surface area contributed by atoms with Crippen LogP contribution in [0.15, 0.2) is 0 Å². The molecule has 2 N–H and O–H groups in total. The summed E-state index contributed by atoms with van der Waals surface area (Å²) in [5, 5.41) is 0. The molecule has 0 radical (unpaired) electrons. The van der Waals surface area contributed by atoms with Crippen molar-refractivity contribution in [1.29, 1.82) is 0 Å². The van der Waals surface area contributed by atoms with Crippen LogP contribution in [0.5, 0.6) is 0 Å². The average molecular weight is 270 g/mol. The molecule has 0 aromatic heterocycles. The lowest BCUT2D eigenvalue weighted by Crippen LogP contribution is -2.48. The van der Waals surface area contributed by atoms with Gasteiger partial charge in [-0.2, -0.15) is 0 Å². The van der Waals surface area contributed by atoms with E-state index < -0.39 is 0 Å². The molecule has 4 nitrogen and oxygen atoms in total. The highest BCUT2D eigenvalue weighted by Gasteiger charge is 2.30. The summed E-state index contributed by atoms with van der Waals surface area (Å²) in [5.74, 6) is 0.707. The minimum Gasteiger partial charge on any atom is -0.381 e. The zero-order chi connectivity index (χ0) is 14.1. The second-order valence-corrected chi connectivity index (χ2v) is 5.39. The Hall–Kier alpha value is -0.610. The molecule has 1 amide bonds. The second-order valence-electron chi connectivity index (χ2n) is 5.39. The molecule has 112 valence electrons. The van der Waals surface area contributed by atoms with Crippen molar-refractivity contribution in [3.05, 3.63) is 0 Å². The van der Waals surface area contributed by atoms with Gasteiger partial charge in [0, 0.05) is 19.2 Å². The van der Waals surface area contributed by atoms with E-state index in [9.17, 15) is 4.79 Å². The smallest absolute Gasteiger partial charge is 0.225 e. The maximum absolute atomic E-state index is 12.3. The fourth-order valence-corrected chi connectivity index (χ4v) is 3.02. The van der Waals surface area contributed by atoms with Gasteiger partial charge in [-0.15, -0.1) is 0 Å². The number of hydrogen-bond acceptors (Lipinski definition) is 3. The molecule has 2 atom stereocenters. The first-order valence-electron chi connectivity index (χ1n) is 7.81. The normalized spacial score (nSPS) is 23.3. The van der Waals surface area contributed by atoms with E-state index in [4.69, 9.17) is 10.5 Å². The Labute approximate surface area is 117 Å². The zero-order valence-electron chi connectivity index (χ0n) is 12.6. The molecular formula is C15H30N2O2. The van der Waals surface area contributed by atoms with Gasteiger partial charge in [-0.25, -0.2) is 0 Å². The van der Waals surface area contributed by atoms with Crippen LogP contribution in [0.3, 0.4) is 0 Å². The van der Waals surface area contributed by atoms with Crippen molar-refractivity contribution in [2.75, 3.05) is 26.3 Å². The maximum atomic E-state index is 12.3. The van der Waals surface area contributed by atoms with Crippen molar-refractivity contribution in [3.8, 4) is 0 Å². The van der Waals surface area contributed by atoms with Gasteiger partial charge >= 0.3 is 0 Å². The van der Waals surface area contributed by atoms with Crippen LogP contribution in [0, 0.1) is 5.92 Å². The largest absolute Gasteiger partial charge is 0.381 e. The van der Waals surface area contributed by atoms with E-state index in [-0.39, 0.29) is 5.91 Å². The number of amides is 1. The summed E-state index contributed by atoms with van der Waals surface area (Å²) >= 11 is 0. The molecule has 1 fully saturated rings. The van der Waals surface area contributed by atoms with E-state index in [1.807, 2.05) is 4.90 Å². The summed E-state index contributed by atoms with van der Waals surface area (Å²) in [6.07, 6.45) is 6.25. The number of rotatable bonds is 8. The number of hydrogen-bond donors (Lipinski definition) is 1. The van der Waals surface area contributed by atoms with Crippen LogP contribution in [-0.2, 0) is 9.53 Å². The van der Waals surface area contributed by atoms with E-state index in [0.717, 1.165) is 32.4 Å². The Morgan fingerprint density at radius 2 is 2.00 bits per heavy atom. The van der Waals surface area contributed by atoms with Gasteiger partial charge in [0.2, 0.25) is 5.91 Å². The summed E-state index contributed by atoms with van der Waals surface area (Å²) in [6.45, 7) is 6.91. The standard InChI is InChI=1S/C15H30N2O2/c1-3-10-19-11-9-15(18)17(4-2)14-8-6-5-7-13(14)12-16/h13-14H,3-12,16H2,1-2H3. The number of nitrogens with two attached hydrogens (primary N) is 1. The summed E-state index contributed by atoms with van der Waals surface area (Å²) in [4.78, 5) is 14.3. The Morgan fingerprint density at radius 1 is 1.26 bits per heavy atom. The van der Waals surface area contributed by atoms with E-state index >= 15 is 0 Å². The third-order valence-electron chi connectivity index (χ3n) is 4.04. The van der Waals surface area contributed by atoms with Gasteiger partial charge in [0.15, 0.2) is 0 Å². The van der Waals surface area contributed by atoms with Crippen LogP contribution in [0.25, 0.3) is 0 Å². The van der Waals surface area contributed by atoms with E-state index in [1.54, 1.807) is 0 Å². The molecule has 0 spiro atoms. The molecule has 4 heteroatoms. The molecule has 0 saturated heterocycles. The van der Waals surface area contributed by atoms with Gasteiger partial charge < -0.3 is 15.4 Å². The number of nitrogens with zero attached hydrogens (tertiary/aromatic N) is 1. The molecular weight excluding hydrogens is 240 g/mol. The first-order valence-corrected chi connectivity index (χ1v) is 7.81. The lowest BCUT2D eigenvalue weighted by molar-refractivity contribution is -0.136. The SMILES string of the molecule is CCCOCCC(=O)N(CC)C1CCCCC1CN. The molecule has 1 aliphatic rings. The van der Waals surface area contributed by atoms with E-state index in [0.29, 0.717) is 31.5 Å². The highest BCUT2D eigenvalue weighted by molar-refractivity contribution is 5.76. The van der Waals surface area contributed by atoms with Gasteiger partial charge in [0.1, 0.15) is 0 Å². The second kappa shape index (κ2) is 9.32. The topological polar surface area (TPSA) is 55.6 Å². The zero-order valence-corrected chi connectivity index (χ0v) is 12.6. The van der Waals surface area contributed by atoms with Crippen LogP contribution in [0.1, 0.15) is 52.4 Å². The number of ether oxygens (including phenoxy) is 1. The summed E-state index contributed by atoms with van der Waals surface area (Å²) in [7, 11) is 0. The Bertz CT molecular complexity index is 259. The fraction of sp³-hybridized carbons (Fsp3) is 0.933. The number of carbonyl (C=O) groups excluding carboxylic acids is 1. The highest BCUT2D eigenvalue weighted by Crippen LogP contribution is 2.28. The maximum Gasteiger partial charge on any atom is 0.225 e. The predicted octanol–water partition coefficient (Wildman–Crippen LogP) is 2.17. The quantitative estimate of drug-likeness (QED) is 0.688. The van der Waals surface area contributed by atoms with Crippen LogP contribution >= 0.6 is 0 Å². The summed E-state index contributed by atoms with van der Waals surface area (Å²) in [5.41, 5.74) is 5.86. The Kier molecular flexibility index (Phi) is 8.07. The van der Waals surface area contributed by atoms with Crippen molar-refractivity contribution >= 4 is 5.91 Å². The molecule has 0 heterocycles. The van der Waals surface area contributed by atoms with E-state index in [2.05, 4.69) is 13.8 Å². The van der Waals surface area contributed by atoms with Crippen LogP contribution in [0.2, 0.25) is 0 Å². The molecule has 0 aromatic carbocycles. The minimum atomic E-state index is 0.226. The highest BCUT2D eigenvalue weighted by atomic mass is 16.5. The van der Waals surface area contributed by atoms with Gasteiger partial charge in [-0.1, -0.05) is 19.8 Å². The molecule has 2 unspecified atom stereocenters. The summed E-state index contributed by atoms with van der Waals surface area (Å²) in [6, 6.07) is 0.349. The van der Waals surface area contributed by atoms with Gasteiger partial charge in [0.05, 0.1) is 13.0 Å². The third-order valence-corrected chi connectivity index (χ3v) is 4.04. The molecule has 1 rings (SSSR count). The summed E-state index contributed by atoms with van der Waals surface area (Å²) < 4.78 is 5.42. The van der Waals surface area contributed by atoms with E-state index in [1.165, 1.54) is 12.8 Å². The van der Waals surface area contributed by atoms with Crippen molar-refractivity contribution in [2.45, 2.75) is 58.4 Å². The molecule has 1 aliphatic carbocycles. The molecule has 1 saturated carbocycles. The van der Waals surface area contributed by atoms with Crippen molar-refractivity contribution in [2.24, 2.45) is 11.7 Å². The molecule has 0 aromatic rings. The van der Waals surface area contributed by atoms with Crippen molar-refractivity contribution in [1.82, 2.24) is 4.90 Å². The Balaban J connectivity index is 2.47. The van der Waals surface area contributed by atoms with Gasteiger partial charge in [0.25, 0.3) is 0 Å². The lowest BCUT2D eigenvalue weighted by atomic mass is 9.83. The molecule has 19 heavy (non-hydrogen) atoms. The minimum absolute atomic E-state index is 0.226. The lowest BCUT2D eigenvalue weighted by Gasteiger charge is -2.39. The Morgan fingerprint density at radius 3 is 2.63 bits per heavy atom.